The Morgan fingerprint density at radius 1 is 1.07 bits per heavy atom. The summed E-state index contributed by atoms with van der Waals surface area (Å²) in [5.74, 6) is -0.369. The number of methoxy groups -OCH3 is 1. The standard InChI is InChI=1S/C18H22N2O7S2/c1-4-26-14-7-6-13(9-15(14)27-5-2)29(23,24)19-10-16(21)20-17-8-12(11-28-17)18(22)25-3/h6-9,11,19H,4-5,10H2,1-3H3,(H,20,21). The molecule has 0 aliphatic rings. The lowest BCUT2D eigenvalue weighted by Crippen LogP contribution is -2.32. The molecule has 0 bridgehead atoms. The minimum atomic E-state index is -3.95. The van der Waals surface area contributed by atoms with Crippen molar-refractivity contribution in [3.8, 4) is 11.5 Å². The van der Waals surface area contributed by atoms with Gasteiger partial charge in [-0.05, 0) is 32.0 Å². The maximum atomic E-state index is 12.5. The summed E-state index contributed by atoms with van der Waals surface area (Å²) in [6, 6.07) is 5.67. The Morgan fingerprint density at radius 2 is 1.76 bits per heavy atom. The highest BCUT2D eigenvalue weighted by atomic mass is 32.2. The Balaban J connectivity index is 2.03. The summed E-state index contributed by atoms with van der Waals surface area (Å²) in [7, 11) is -2.69. The van der Waals surface area contributed by atoms with E-state index in [1.54, 1.807) is 6.92 Å². The van der Waals surface area contributed by atoms with Gasteiger partial charge in [0.05, 0.1) is 42.3 Å². The number of sulfonamides is 1. The van der Waals surface area contributed by atoms with Crippen LogP contribution in [0.5, 0.6) is 11.5 Å². The maximum Gasteiger partial charge on any atom is 0.338 e. The van der Waals surface area contributed by atoms with Gasteiger partial charge in [-0.2, -0.15) is 0 Å². The van der Waals surface area contributed by atoms with E-state index in [1.807, 2.05) is 6.92 Å². The van der Waals surface area contributed by atoms with Crippen LogP contribution < -0.4 is 19.5 Å². The lowest BCUT2D eigenvalue weighted by atomic mass is 10.3. The number of anilines is 1. The predicted molar refractivity (Wildman–Crippen MR) is 108 cm³/mol. The summed E-state index contributed by atoms with van der Waals surface area (Å²) in [5, 5.41) is 4.45. The maximum absolute atomic E-state index is 12.5. The van der Waals surface area contributed by atoms with Crippen LogP contribution in [0.4, 0.5) is 5.00 Å². The van der Waals surface area contributed by atoms with E-state index in [-0.39, 0.29) is 4.90 Å². The van der Waals surface area contributed by atoms with Crippen LogP contribution in [0, 0.1) is 0 Å². The number of carbonyl (C=O) groups is 2. The zero-order valence-corrected chi connectivity index (χ0v) is 17.8. The van der Waals surface area contributed by atoms with Gasteiger partial charge >= 0.3 is 5.97 Å². The average molecular weight is 443 g/mol. The smallest absolute Gasteiger partial charge is 0.338 e. The number of benzene rings is 1. The van der Waals surface area contributed by atoms with Gasteiger partial charge in [-0.25, -0.2) is 17.9 Å². The minimum absolute atomic E-state index is 0.0543. The molecule has 0 saturated carbocycles. The number of rotatable bonds is 10. The number of hydrogen-bond acceptors (Lipinski definition) is 8. The number of amides is 1. The highest BCUT2D eigenvalue weighted by Gasteiger charge is 2.19. The third-order valence-corrected chi connectivity index (χ3v) is 5.78. The van der Waals surface area contributed by atoms with Gasteiger partial charge < -0.3 is 19.5 Å². The van der Waals surface area contributed by atoms with Crippen molar-refractivity contribution in [1.29, 1.82) is 0 Å². The fourth-order valence-electron chi connectivity index (χ4n) is 2.25. The first-order valence-corrected chi connectivity index (χ1v) is 11.0. The van der Waals surface area contributed by atoms with Crippen LogP contribution in [0.2, 0.25) is 0 Å². The van der Waals surface area contributed by atoms with Crippen molar-refractivity contribution >= 4 is 38.2 Å². The lowest BCUT2D eigenvalue weighted by Gasteiger charge is -2.13. The van der Waals surface area contributed by atoms with Crippen molar-refractivity contribution < 1.29 is 32.2 Å². The van der Waals surface area contributed by atoms with Crippen LogP contribution >= 0.6 is 11.3 Å². The highest BCUT2D eigenvalue weighted by Crippen LogP contribution is 2.30. The summed E-state index contributed by atoms with van der Waals surface area (Å²) >= 11 is 1.12. The first kappa shape index (κ1) is 22.7. The van der Waals surface area contributed by atoms with E-state index < -0.39 is 28.4 Å². The Morgan fingerprint density at radius 3 is 2.41 bits per heavy atom. The molecule has 0 spiro atoms. The zero-order chi connectivity index (χ0) is 21.4. The van der Waals surface area contributed by atoms with Crippen molar-refractivity contribution in [2.24, 2.45) is 0 Å². The van der Waals surface area contributed by atoms with E-state index in [0.717, 1.165) is 11.3 Å². The SMILES string of the molecule is CCOc1ccc(S(=O)(=O)NCC(=O)Nc2cc(C(=O)OC)cs2)cc1OCC. The van der Waals surface area contributed by atoms with Gasteiger partial charge in [0.1, 0.15) is 0 Å². The lowest BCUT2D eigenvalue weighted by molar-refractivity contribution is -0.115. The molecule has 0 saturated heterocycles. The molecule has 2 aromatic rings. The number of nitrogens with one attached hydrogen (secondary N) is 2. The summed E-state index contributed by atoms with van der Waals surface area (Å²) in [4.78, 5) is 23.4. The summed E-state index contributed by atoms with van der Waals surface area (Å²) < 4.78 is 42.7. The van der Waals surface area contributed by atoms with Crippen LogP contribution in [0.15, 0.2) is 34.5 Å². The Hall–Kier alpha value is -2.63. The monoisotopic (exact) mass is 442 g/mol. The second-order valence-corrected chi connectivity index (χ2v) is 8.22. The molecule has 2 rings (SSSR count). The third kappa shape index (κ3) is 6.17. The van der Waals surface area contributed by atoms with E-state index in [0.29, 0.717) is 35.3 Å². The molecule has 1 heterocycles. The number of thiophene rings is 1. The van der Waals surface area contributed by atoms with E-state index in [9.17, 15) is 18.0 Å². The number of hydrogen-bond donors (Lipinski definition) is 2. The molecule has 158 valence electrons. The van der Waals surface area contributed by atoms with Gasteiger partial charge in [-0.1, -0.05) is 0 Å². The van der Waals surface area contributed by atoms with Gasteiger partial charge in [0.25, 0.3) is 0 Å². The van der Waals surface area contributed by atoms with Crippen molar-refractivity contribution in [2.45, 2.75) is 18.7 Å². The molecule has 0 unspecified atom stereocenters. The zero-order valence-electron chi connectivity index (χ0n) is 16.2. The number of esters is 1. The highest BCUT2D eigenvalue weighted by molar-refractivity contribution is 7.89. The number of carbonyl (C=O) groups excluding carboxylic acids is 2. The minimum Gasteiger partial charge on any atom is -0.490 e. The Kier molecular flexibility index (Phi) is 8.00. The molecule has 0 atom stereocenters. The largest absolute Gasteiger partial charge is 0.490 e. The molecular weight excluding hydrogens is 420 g/mol. The Bertz CT molecular complexity index is 970. The summed E-state index contributed by atoms with van der Waals surface area (Å²) in [6.45, 7) is 3.85. The Labute approximate surface area is 173 Å². The van der Waals surface area contributed by atoms with Crippen molar-refractivity contribution in [3.05, 3.63) is 35.2 Å². The average Bonchev–Trinajstić information content (AvgIpc) is 3.16. The molecule has 0 aliphatic carbocycles. The fraction of sp³-hybridized carbons (Fsp3) is 0.333. The normalized spacial score (nSPS) is 11.0. The van der Waals surface area contributed by atoms with Crippen molar-refractivity contribution in [3.63, 3.8) is 0 Å². The summed E-state index contributed by atoms with van der Waals surface area (Å²) in [5.41, 5.74) is 0.297. The van der Waals surface area contributed by atoms with E-state index in [2.05, 4.69) is 14.8 Å². The second kappa shape index (κ2) is 10.2. The summed E-state index contributed by atoms with van der Waals surface area (Å²) in [6.07, 6.45) is 0. The quantitative estimate of drug-likeness (QED) is 0.542. The van der Waals surface area contributed by atoms with Crippen molar-refractivity contribution in [2.75, 3.05) is 32.2 Å². The van der Waals surface area contributed by atoms with Crippen LogP contribution in [-0.2, 0) is 19.6 Å². The molecule has 29 heavy (non-hydrogen) atoms. The molecule has 1 amide bonds. The van der Waals surface area contributed by atoms with Gasteiger partial charge in [-0.3, -0.25) is 4.79 Å². The van der Waals surface area contributed by atoms with Crippen LogP contribution in [0.1, 0.15) is 24.2 Å². The van der Waals surface area contributed by atoms with Gasteiger partial charge in [0.15, 0.2) is 11.5 Å². The fourth-order valence-corrected chi connectivity index (χ4v) is 4.03. The van der Waals surface area contributed by atoms with Gasteiger partial charge in [-0.15, -0.1) is 11.3 Å². The van der Waals surface area contributed by atoms with Crippen molar-refractivity contribution in [1.82, 2.24) is 4.72 Å². The van der Waals surface area contributed by atoms with E-state index in [1.165, 1.54) is 36.8 Å². The molecule has 2 N–H and O–H groups in total. The topological polar surface area (TPSA) is 120 Å². The molecule has 0 aliphatic heterocycles. The van der Waals surface area contributed by atoms with Crippen LogP contribution in [0.25, 0.3) is 0 Å². The molecule has 9 nitrogen and oxygen atoms in total. The number of ether oxygens (including phenoxy) is 3. The van der Waals surface area contributed by atoms with Crippen LogP contribution in [0.3, 0.4) is 0 Å². The van der Waals surface area contributed by atoms with E-state index in [4.69, 9.17) is 9.47 Å². The molecular formula is C18H22N2O7S2. The van der Waals surface area contributed by atoms with Gasteiger partial charge in [0, 0.05) is 11.4 Å². The van der Waals surface area contributed by atoms with E-state index >= 15 is 0 Å². The first-order chi connectivity index (χ1) is 13.8. The third-order valence-electron chi connectivity index (χ3n) is 3.53. The predicted octanol–water partition coefficient (Wildman–Crippen LogP) is 2.25. The molecule has 11 heteroatoms. The van der Waals surface area contributed by atoms with Crippen LogP contribution in [-0.4, -0.2) is 47.2 Å². The van der Waals surface area contributed by atoms with Gasteiger partial charge in [0.2, 0.25) is 15.9 Å². The molecule has 0 fully saturated rings. The molecule has 0 radical (unpaired) electrons. The molecule has 1 aromatic carbocycles. The second-order valence-electron chi connectivity index (χ2n) is 5.54. The first-order valence-electron chi connectivity index (χ1n) is 8.66. The molecule has 1 aromatic heterocycles.